The molecule has 1 aliphatic heterocycles. The van der Waals surface area contributed by atoms with Crippen LogP contribution in [0.3, 0.4) is 0 Å². The van der Waals surface area contributed by atoms with Gasteiger partial charge in [-0.25, -0.2) is 0 Å². The van der Waals surface area contributed by atoms with E-state index in [1.807, 2.05) is 49.4 Å². The summed E-state index contributed by atoms with van der Waals surface area (Å²) < 4.78 is 0. The van der Waals surface area contributed by atoms with E-state index in [9.17, 15) is 4.79 Å². The number of carbonyl (C=O) groups excluding carboxylic acids is 1. The van der Waals surface area contributed by atoms with Crippen molar-refractivity contribution in [3.63, 3.8) is 0 Å². The predicted octanol–water partition coefficient (Wildman–Crippen LogP) is 4.43. The first-order valence-corrected chi connectivity index (χ1v) is 9.68. The zero-order chi connectivity index (χ0) is 18.6. The Balaban J connectivity index is 1.45. The van der Waals surface area contributed by atoms with Crippen LogP contribution in [-0.4, -0.2) is 35.4 Å². The molecule has 2 heterocycles. The highest BCUT2D eigenvalue weighted by molar-refractivity contribution is 6.12. The van der Waals surface area contributed by atoms with Crippen molar-refractivity contribution in [2.24, 2.45) is 0 Å². The Bertz CT molecular complexity index is 943. The van der Waals surface area contributed by atoms with Gasteiger partial charge in [0.2, 0.25) is 0 Å². The molecule has 0 bridgehead atoms. The molecule has 3 aromatic rings. The zero-order valence-corrected chi connectivity index (χ0v) is 15.7. The van der Waals surface area contributed by atoms with Crippen LogP contribution in [0.15, 0.2) is 54.6 Å². The largest absolute Gasteiger partial charge is 0.322 e. The van der Waals surface area contributed by atoms with Crippen LogP contribution in [0.25, 0.3) is 10.9 Å². The van der Waals surface area contributed by atoms with Crippen molar-refractivity contribution in [3.8, 4) is 0 Å². The number of fused-ring (bicyclic) bond motifs is 1. The number of benzene rings is 2. The molecular formula is C23H25N3O. The van der Waals surface area contributed by atoms with Gasteiger partial charge in [-0.15, -0.1) is 0 Å². The van der Waals surface area contributed by atoms with E-state index in [0.29, 0.717) is 5.56 Å². The second-order valence-electron chi connectivity index (χ2n) is 7.28. The highest BCUT2D eigenvalue weighted by Crippen LogP contribution is 2.20. The van der Waals surface area contributed by atoms with Crippen LogP contribution in [0.4, 0.5) is 5.69 Å². The lowest BCUT2D eigenvalue weighted by molar-refractivity contribution is 0.102. The number of nitrogens with one attached hydrogen (secondary N) is 1. The molecule has 4 nitrogen and oxygen atoms in total. The lowest BCUT2D eigenvalue weighted by Gasteiger charge is -2.14. The van der Waals surface area contributed by atoms with E-state index in [1.54, 1.807) is 0 Å². The van der Waals surface area contributed by atoms with E-state index in [2.05, 4.69) is 27.3 Å². The van der Waals surface area contributed by atoms with Gasteiger partial charge in [-0.3, -0.25) is 9.78 Å². The Kier molecular flexibility index (Phi) is 5.16. The molecular weight excluding hydrogens is 334 g/mol. The summed E-state index contributed by atoms with van der Waals surface area (Å²) >= 11 is 0. The molecule has 2 aromatic carbocycles. The third kappa shape index (κ3) is 4.17. The average molecular weight is 359 g/mol. The second-order valence-corrected chi connectivity index (χ2v) is 7.28. The average Bonchev–Trinajstić information content (AvgIpc) is 3.20. The lowest BCUT2D eigenvalue weighted by atomic mass is 10.1. The van der Waals surface area contributed by atoms with E-state index in [4.69, 9.17) is 0 Å². The topological polar surface area (TPSA) is 45.2 Å². The number of likely N-dealkylation sites (tertiary alicyclic amines) is 1. The minimum absolute atomic E-state index is 0.0958. The molecule has 4 heteroatoms. The monoisotopic (exact) mass is 359 g/mol. The number of hydrogen-bond donors (Lipinski definition) is 1. The molecule has 1 fully saturated rings. The van der Waals surface area contributed by atoms with Crippen LogP contribution in [-0.2, 0) is 6.42 Å². The quantitative estimate of drug-likeness (QED) is 0.733. The molecule has 0 atom stereocenters. The van der Waals surface area contributed by atoms with Gasteiger partial charge in [0.1, 0.15) is 0 Å². The number of amides is 1. The van der Waals surface area contributed by atoms with Crippen molar-refractivity contribution in [3.05, 3.63) is 71.4 Å². The normalized spacial score (nSPS) is 14.6. The van der Waals surface area contributed by atoms with Gasteiger partial charge in [-0.1, -0.05) is 30.3 Å². The molecule has 4 rings (SSSR count). The fraction of sp³-hybridized carbons (Fsp3) is 0.304. The number of carbonyl (C=O) groups is 1. The SMILES string of the molecule is Cc1cc(C(=O)Nc2ccc(CCN3CCCC3)cc2)c2ccccc2n1. The van der Waals surface area contributed by atoms with Gasteiger partial charge in [0.15, 0.2) is 0 Å². The molecule has 1 aromatic heterocycles. The minimum Gasteiger partial charge on any atom is -0.322 e. The number of rotatable bonds is 5. The molecule has 1 aliphatic rings. The first kappa shape index (κ1) is 17.7. The first-order chi connectivity index (χ1) is 13.2. The van der Waals surface area contributed by atoms with Crippen LogP contribution >= 0.6 is 0 Å². The van der Waals surface area contributed by atoms with Crippen molar-refractivity contribution in [2.75, 3.05) is 25.0 Å². The lowest BCUT2D eigenvalue weighted by Crippen LogP contribution is -2.21. The molecule has 1 amide bonds. The molecule has 27 heavy (non-hydrogen) atoms. The van der Waals surface area contributed by atoms with Crippen LogP contribution < -0.4 is 5.32 Å². The second kappa shape index (κ2) is 7.89. The number of aryl methyl sites for hydroxylation is 1. The van der Waals surface area contributed by atoms with Crippen molar-refractivity contribution in [2.45, 2.75) is 26.2 Å². The Hall–Kier alpha value is -2.72. The summed E-state index contributed by atoms with van der Waals surface area (Å²) in [5, 5.41) is 3.90. The minimum atomic E-state index is -0.0958. The van der Waals surface area contributed by atoms with E-state index in [-0.39, 0.29) is 5.91 Å². The molecule has 1 saturated heterocycles. The van der Waals surface area contributed by atoms with E-state index in [1.165, 1.54) is 31.5 Å². The summed E-state index contributed by atoms with van der Waals surface area (Å²) in [6, 6.07) is 17.8. The van der Waals surface area contributed by atoms with Gasteiger partial charge >= 0.3 is 0 Å². The summed E-state index contributed by atoms with van der Waals surface area (Å²) in [5.74, 6) is -0.0958. The third-order valence-electron chi connectivity index (χ3n) is 5.22. The van der Waals surface area contributed by atoms with Crippen LogP contribution in [0.5, 0.6) is 0 Å². The van der Waals surface area contributed by atoms with Crippen molar-refractivity contribution >= 4 is 22.5 Å². The highest BCUT2D eigenvalue weighted by Gasteiger charge is 2.13. The smallest absolute Gasteiger partial charge is 0.256 e. The number of para-hydroxylation sites is 1. The molecule has 0 spiro atoms. The summed E-state index contributed by atoms with van der Waals surface area (Å²) in [4.78, 5) is 19.8. The van der Waals surface area contributed by atoms with Crippen molar-refractivity contribution in [1.82, 2.24) is 9.88 Å². The zero-order valence-electron chi connectivity index (χ0n) is 15.7. The summed E-state index contributed by atoms with van der Waals surface area (Å²) in [7, 11) is 0. The number of aromatic nitrogens is 1. The molecule has 0 aliphatic carbocycles. The van der Waals surface area contributed by atoms with Gasteiger partial charge in [0.05, 0.1) is 11.1 Å². The summed E-state index contributed by atoms with van der Waals surface area (Å²) in [6.07, 6.45) is 3.71. The molecule has 1 N–H and O–H groups in total. The van der Waals surface area contributed by atoms with E-state index < -0.39 is 0 Å². The molecule has 0 unspecified atom stereocenters. The fourth-order valence-electron chi connectivity index (χ4n) is 3.74. The van der Waals surface area contributed by atoms with Crippen LogP contribution in [0, 0.1) is 6.92 Å². The van der Waals surface area contributed by atoms with Gasteiger partial charge in [-0.2, -0.15) is 0 Å². The van der Waals surface area contributed by atoms with Crippen LogP contribution in [0.1, 0.15) is 34.5 Å². The maximum absolute atomic E-state index is 12.8. The predicted molar refractivity (Wildman–Crippen MR) is 110 cm³/mol. The van der Waals surface area contributed by atoms with Gasteiger partial charge in [0.25, 0.3) is 5.91 Å². The Morgan fingerprint density at radius 2 is 1.81 bits per heavy atom. The molecule has 0 saturated carbocycles. The van der Waals surface area contributed by atoms with Crippen molar-refractivity contribution in [1.29, 1.82) is 0 Å². The Morgan fingerprint density at radius 1 is 1.07 bits per heavy atom. The Labute approximate surface area is 160 Å². The first-order valence-electron chi connectivity index (χ1n) is 9.68. The molecule has 0 radical (unpaired) electrons. The summed E-state index contributed by atoms with van der Waals surface area (Å²) in [5.41, 5.74) is 4.49. The Morgan fingerprint density at radius 3 is 2.59 bits per heavy atom. The standard InChI is InChI=1S/C23H25N3O/c1-17-16-21(20-6-2-3-7-22(20)24-17)23(27)25-19-10-8-18(9-11-19)12-15-26-13-4-5-14-26/h2-3,6-11,16H,4-5,12-15H2,1H3,(H,25,27). The van der Waals surface area contributed by atoms with Gasteiger partial charge < -0.3 is 10.2 Å². The molecule has 138 valence electrons. The third-order valence-corrected chi connectivity index (χ3v) is 5.22. The van der Waals surface area contributed by atoms with Crippen molar-refractivity contribution < 1.29 is 4.79 Å². The van der Waals surface area contributed by atoms with Crippen LogP contribution in [0.2, 0.25) is 0 Å². The summed E-state index contributed by atoms with van der Waals surface area (Å²) in [6.45, 7) is 5.49. The van der Waals surface area contributed by atoms with E-state index >= 15 is 0 Å². The maximum Gasteiger partial charge on any atom is 0.256 e. The number of nitrogens with zero attached hydrogens (tertiary/aromatic N) is 2. The maximum atomic E-state index is 12.8. The van der Waals surface area contributed by atoms with Gasteiger partial charge in [0, 0.05) is 23.3 Å². The number of pyridine rings is 1. The van der Waals surface area contributed by atoms with Gasteiger partial charge in [-0.05, 0) is 69.1 Å². The number of hydrogen-bond acceptors (Lipinski definition) is 3. The number of anilines is 1. The highest BCUT2D eigenvalue weighted by atomic mass is 16.1. The fourth-order valence-corrected chi connectivity index (χ4v) is 3.74. The van der Waals surface area contributed by atoms with E-state index in [0.717, 1.165) is 35.2 Å².